The van der Waals surface area contributed by atoms with Crippen molar-refractivity contribution in [3.05, 3.63) is 57.5 Å². The van der Waals surface area contributed by atoms with Crippen molar-refractivity contribution in [1.29, 1.82) is 0 Å². The van der Waals surface area contributed by atoms with Crippen molar-refractivity contribution in [1.82, 2.24) is 0 Å². The van der Waals surface area contributed by atoms with Gasteiger partial charge in [-0.3, -0.25) is 10.0 Å². The van der Waals surface area contributed by atoms with Crippen LogP contribution >= 0.6 is 31.9 Å². The van der Waals surface area contributed by atoms with Crippen LogP contribution in [0.3, 0.4) is 0 Å². The normalized spacial score (nSPS) is 10.2. The Morgan fingerprint density at radius 1 is 0.611 bits per heavy atom. The third-order valence-electron chi connectivity index (χ3n) is 2.85. The number of benzene rings is 2. The van der Waals surface area contributed by atoms with Crippen LogP contribution in [0.5, 0.6) is 0 Å². The molecule has 2 aromatic rings. The van der Waals surface area contributed by atoms with Gasteiger partial charge in [-0.2, -0.15) is 0 Å². The summed E-state index contributed by atoms with van der Waals surface area (Å²) in [5.41, 5.74) is 2.28. The quantitative estimate of drug-likeness (QED) is 0.723. The lowest BCUT2D eigenvalue weighted by Crippen LogP contribution is -2.36. The number of rotatable bonds is 3. The molecular weight excluding hydrogens is 356 g/mol. The van der Waals surface area contributed by atoms with E-state index in [9.17, 15) is 0 Å². The van der Waals surface area contributed by atoms with Crippen LogP contribution in [0.4, 0.5) is 11.4 Å². The monoisotopic (exact) mass is 368 g/mol. The van der Waals surface area contributed by atoms with E-state index in [2.05, 4.69) is 66.1 Å². The molecule has 0 bridgehead atoms. The van der Waals surface area contributed by atoms with E-state index in [4.69, 9.17) is 0 Å². The molecule has 2 nitrogen and oxygen atoms in total. The third kappa shape index (κ3) is 3.06. The van der Waals surface area contributed by atoms with Gasteiger partial charge >= 0.3 is 0 Å². The standard InChI is InChI=1S/C14H14Br2N2/c1-17(13-7-3-11(15)4-8-13)18(2)14-9-5-12(16)6-10-14/h3-10H,1-2H3. The van der Waals surface area contributed by atoms with Crippen molar-refractivity contribution in [2.45, 2.75) is 0 Å². The Hall–Kier alpha value is -1.00. The van der Waals surface area contributed by atoms with E-state index < -0.39 is 0 Å². The van der Waals surface area contributed by atoms with E-state index in [1.807, 2.05) is 38.4 Å². The average molecular weight is 370 g/mol. The van der Waals surface area contributed by atoms with Crippen LogP contribution in [-0.4, -0.2) is 14.1 Å². The highest BCUT2D eigenvalue weighted by molar-refractivity contribution is 9.10. The fourth-order valence-corrected chi connectivity index (χ4v) is 2.19. The molecule has 2 aromatic carbocycles. The molecule has 0 amide bonds. The van der Waals surface area contributed by atoms with Gasteiger partial charge in [0.05, 0.1) is 11.4 Å². The average Bonchev–Trinajstić information content (AvgIpc) is 2.39. The van der Waals surface area contributed by atoms with Crippen molar-refractivity contribution in [2.75, 3.05) is 24.1 Å². The molecule has 0 saturated heterocycles. The minimum Gasteiger partial charge on any atom is -0.289 e. The molecule has 0 spiro atoms. The fraction of sp³-hybridized carbons (Fsp3) is 0.143. The second-order valence-electron chi connectivity index (χ2n) is 4.00. The predicted molar refractivity (Wildman–Crippen MR) is 85.1 cm³/mol. The van der Waals surface area contributed by atoms with Crippen LogP contribution < -0.4 is 10.0 Å². The van der Waals surface area contributed by atoms with Crippen molar-refractivity contribution in [3.8, 4) is 0 Å². The minimum absolute atomic E-state index is 1.09. The Bertz CT molecular complexity index is 459. The summed E-state index contributed by atoms with van der Waals surface area (Å²) >= 11 is 6.89. The molecule has 0 aliphatic carbocycles. The lowest BCUT2D eigenvalue weighted by atomic mass is 10.3. The van der Waals surface area contributed by atoms with Gasteiger partial charge in [-0.25, -0.2) is 0 Å². The highest BCUT2D eigenvalue weighted by Gasteiger charge is 2.08. The maximum Gasteiger partial charge on any atom is 0.0571 e. The van der Waals surface area contributed by atoms with E-state index in [0.717, 1.165) is 20.3 Å². The van der Waals surface area contributed by atoms with Gasteiger partial charge in [0.15, 0.2) is 0 Å². The van der Waals surface area contributed by atoms with Crippen molar-refractivity contribution >= 4 is 43.2 Å². The molecular formula is C14H14Br2N2. The molecule has 94 valence electrons. The summed E-state index contributed by atoms with van der Waals surface area (Å²) in [6.45, 7) is 0. The predicted octanol–water partition coefficient (Wildman–Crippen LogP) is 4.70. The van der Waals surface area contributed by atoms with Gasteiger partial charge in [-0.05, 0) is 48.5 Å². The number of hydrogen-bond donors (Lipinski definition) is 0. The summed E-state index contributed by atoms with van der Waals surface area (Å²) in [4.78, 5) is 0. The van der Waals surface area contributed by atoms with Gasteiger partial charge in [0.2, 0.25) is 0 Å². The molecule has 0 aromatic heterocycles. The zero-order valence-electron chi connectivity index (χ0n) is 10.3. The summed E-state index contributed by atoms with van der Waals surface area (Å²) in [6.07, 6.45) is 0. The van der Waals surface area contributed by atoms with Crippen LogP contribution in [0.25, 0.3) is 0 Å². The molecule has 0 unspecified atom stereocenters. The first-order valence-corrected chi connectivity index (χ1v) is 7.15. The molecule has 18 heavy (non-hydrogen) atoms. The summed E-state index contributed by atoms with van der Waals surface area (Å²) in [5.74, 6) is 0. The van der Waals surface area contributed by atoms with Crippen LogP contribution in [0, 0.1) is 0 Å². The summed E-state index contributed by atoms with van der Waals surface area (Å²) in [7, 11) is 4.09. The topological polar surface area (TPSA) is 6.48 Å². The van der Waals surface area contributed by atoms with E-state index in [1.54, 1.807) is 0 Å². The molecule has 2 rings (SSSR count). The summed E-state index contributed by atoms with van der Waals surface area (Å²) in [6, 6.07) is 16.5. The molecule has 4 heteroatoms. The first kappa shape index (κ1) is 13.4. The summed E-state index contributed by atoms with van der Waals surface area (Å²) in [5, 5.41) is 4.21. The lowest BCUT2D eigenvalue weighted by Gasteiger charge is -2.32. The molecule has 0 radical (unpaired) electrons. The van der Waals surface area contributed by atoms with Gasteiger partial charge < -0.3 is 0 Å². The van der Waals surface area contributed by atoms with Gasteiger partial charge in [0.25, 0.3) is 0 Å². The van der Waals surface area contributed by atoms with Crippen molar-refractivity contribution in [2.24, 2.45) is 0 Å². The molecule has 0 aliphatic heterocycles. The first-order valence-electron chi connectivity index (χ1n) is 5.56. The minimum atomic E-state index is 1.09. The molecule has 0 fully saturated rings. The molecule has 0 saturated carbocycles. The zero-order chi connectivity index (χ0) is 13.1. The van der Waals surface area contributed by atoms with Crippen LogP contribution in [0.15, 0.2) is 57.5 Å². The highest BCUT2D eigenvalue weighted by Crippen LogP contribution is 2.23. The van der Waals surface area contributed by atoms with Crippen LogP contribution in [0.1, 0.15) is 0 Å². The number of hydrogen-bond acceptors (Lipinski definition) is 2. The Kier molecular flexibility index (Phi) is 4.30. The van der Waals surface area contributed by atoms with E-state index in [1.165, 1.54) is 0 Å². The van der Waals surface area contributed by atoms with Gasteiger partial charge in [-0.1, -0.05) is 31.9 Å². The van der Waals surface area contributed by atoms with Crippen molar-refractivity contribution < 1.29 is 0 Å². The van der Waals surface area contributed by atoms with Gasteiger partial charge in [0, 0.05) is 23.0 Å². The summed E-state index contributed by atoms with van der Waals surface area (Å²) < 4.78 is 2.18. The smallest absolute Gasteiger partial charge is 0.0571 e. The van der Waals surface area contributed by atoms with Crippen LogP contribution in [-0.2, 0) is 0 Å². The van der Waals surface area contributed by atoms with E-state index in [0.29, 0.717) is 0 Å². The van der Waals surface area contributed by atoms with Gasteiger partial charge in [-0.15, -0.1) is 0 Å². The lowest BCUT2D eigenvalue weighted by molar-refractivity contribution is 0.890. The van der Waals surface area contributed by atoms with E-state index in [-0.39, 0.29) is 0 Å². The number of halogens is 2. The number of anilines is 2. The van der Waals surface area contributed by atoms with Gasteiger partial charge in [0.1, 0.15) is 0 Å². The van der Waals surface area contributed by atoms with E-state index >= 15 is 0 Å². The fourth-order valence-electron chi connectivity index (χ4n) is 1.66. The third-order valence-corrected chi connectivity index (χ3v) is 3.91. The number of nitrogens with zero attached hydrogens (tertiary/aromatic N) is 2. The second kappa shape index (κ2) is 5.76. The largest absolute Gasteiger partial charge is 0.289 e. The Morgan fingerprint density at radius 3 is 1.17 bits per heavy atom. The number of hydrazine groups is 1. The molecule has 0 heterocycles. The Balaban J connectivity index is 2.20. The maximum absolute atomic E-state index is 3.45. The Labute approximate surface area is 124 Å². The highest BCUT2D eigenvalue weighted by atomic mass is 79.9. The SMILES string of the molecule is CN(c1ccc(Br)cc1)N(C)c1ccc(Br)cc1. The second-order valence-corrected chi connectivity index (χ2v) is 5.83. The van der Waals surface area contributed by atoms with Crippen LogP contribution in [0.2, 0.25) is 0 Å². The molecule has 0 aliphatic rings. The maximum atomic E-state index is 3.45. The zero-order valence-corrected chi connectivity index (χ0v) is 13.4. The molecule has 0 N–H and O–H groups in total. The first-order chi connectivity index (χ1) is 8.58. The van der Waals surface area contributed by atoms with Crippen molar-refractivity contribution in [3.63, 3.8) is 0 Å². The Morgan fingerprint density at radius 2 is 0.889 bits per heavy atom. The molecule has 0 atom stereocenters.